The second-order valence-corrected chi connectivity index (χ2v) is 17.8. The Kier molecular flexibility index (Phi) is 17.6. The van der Waals surface area contributed by atoms with Gasteiger partial charge in [0.25, 0.3) is 0 Å². The van der Waals surface area contributed by atoms with Crippen LogP contribution < -0.4 is 0 Å². The lowest BCUT2D eigenvalue weighted by atomic mass is 9.79. The van der Waals surface area contributed by atoms with Crippen molar-refractivity contribution >= 4 is 17.7 Å². The zero-order chi connectivity index (χ0) is 41.2. The van der Waals surface area contributed by atoms with Crippen molar-refractivity contribution in [3.63, 3.8) is 0 Å². The van der Waals surface area contributed by atoms with Crippen LogP contribution in [0.2, 0.25) is 0 Å². The summed E-state index contributed by atoms with van der Waals surface area (Å²) in [5.41, 5.74) is 1.40. The van der Waals surface area contributed by atoms with E-state index in [-0.39, 0.29) is 61.1 Å². The van der Waals surface area contributed by atoms with Crippen molar-refractivity contribution in [1.29, 1.82) is 0 Å². The molecule has 13 unspecified atom stereocenters. The minimum Gasteiger partial charge on any atom is -0.456 e. The predicted molar refractivity (Wildman–Crippen MR) is 215 cm³/mol. The van der Waals surface area contributed by atoms with Gasteiger partial charge in [-0.3, -0.25) is 9.59 Å². The maximum atomic E-state index is 14.1. The number of cyclic esters (lactones) is 1. The number of fused-ring (bicyclic) bond motifs is 3. The molecule has 2 bridgehead atoms. The number of ether oxygens (including phenoxy) is 2. The lowest BCUT2D eigenvalue weighted by Crippen LogP contribution is -2.54. The number of hydrogen-bond acceptors (Lipinski definition) is 10. The molecule has 3 heterocycles. The first kappa shape index (κ1) is 46.0. The summed E-state index contributed by atoms with van der Waals surface area (Å²) >= 11 is 0. The van der Waals surface area contributed by atoms with Gasteiger partial charge in [0.1, 0.15) is 17.9 Å². The maximum absolute atomic E-state index is 14.1. The average molecular weight is 786 g/mol. The Morgan fingerprint density at radius 3 is 2.45 bits per heavy atom. The molecule has 1 amide bonds. The number of nitrogens with zero attached hydrogens (tertiary/aromatic N) is 1. The van der Waals surface area contributed by atoms with Crippen LogP contribution in [-0.4, -0.2) is 103 Å². The van der Waals surface area contributed by atoms with Crippen LogP contribution in [0.5, 0.6) is 0 Å². The zero-order valence-corrected chi connectivity index (χ0v) is 34.7. The fourth-order valence-electron chi connectivity index (χ4n) is 8.82. The molecule has 316 valence electrons. The van der Waals surface area contributed by atoms with Gasteiger partial charge in [0.2, 0.25) is 5.91 Å². The molecule has 1 aliphatic carbocycles. The van der Waals surface area contributed by atoms with Gasteiger partial charge < -0.3 is 39.9 Å². The SMILES string of the molecule is CC1=CC=CC=CC(C)CC(C)C(=O)CC(C(C)=CCC(O)C(C)CC2CCC(O)C(O)C2)OC(=O)C2CCCCN2C(=O)CC2(O)OC(CCC2C)CC1O. The Balaban J connectivity index is 1.57. The topological polar surface area (TPSA) is 174 Å². The van der Waals surface area contributed by atoms with E-state index in [4.69, 9.17) is 9.47 Å². The van der Waals surface area contributed by atoms with Crippen LogP contribution >= 0.6 is 0 Å². The second kappa shape index (κ2) is 21.4. The van der Waals surface area contributed by atoms with Gasteiger partial charge >= 0.3 is 5.97 Å². The Morgan fingerprint density at radius 1 is 0.964 bits per heavy atom. The number of Topliss-reactive ketones (excluding diaryl/α,β-unsaturated/α-hetero) is 1. The fourth-order valence-corrected chi connectivity index (χ4v) is 8.82. The van der Waals surface area contributed by atoms with Gasteiger partial charge in [-0.25, -0.2) is 4.79 Å². The van der Waals surface area contributed by atoms with Gasteiger partial charge in [-0.2, -0.15) is 0 Å². The number of hydrogen-bond donors (Lipinski definition) is 5. The van der Waals surface area contributed by atoms with Crippen molar-refractivity contribution in [3.8, 4) is 0 Å². The van der Waals surface area contributed by atoms with E-state index in [0.29, 0.717) is 69.9 Å². The van der Waals surface area contributed by atoms with Gasteiger partial charge in [-0.05, 0) is 113 Å². The highest BCUT2D eigenvalue weighted by Crippen LogP contribution is 2.38. The van der Waals surface area contributed by atoms with Crippen molar-refractivity contribution in [2.45, 2.75) is 180 Å². The Labute approximate surface area is 334 Å². The number of allylic oxidation sites excluding steroid dienone is 5. The largest absolute Gasteiger partial charge is 0.456 e. The van der Waals surface area contributed by atoms with Crippen LogP contribution in [0.25, 0.3) is 0 Å². The number of amides is 1. The molecule has 2 saturated heterocycles. The molecule has 11 nitrogen and oxygen atoms in total. The highest BCUT2D eigenvalue weighted by atomic mass is 16.6. The normalized spacial score (nSPS) is 37.6. The Hall–Kier alpha value is -2.67. The summed E-state index contributed by atoms with van der Waals surface area (Å²) in [6, 6.07) is -0.888. The average Bonchev–Trinajstić information content (AvgIpc) is 3.15. The van der Waals surface area contributed by atoms with Crippen molar-refractivity contribution in [2.75, 3.05) is 6.54 Å². The molecule has 0 aromatic carbocycles. The predicted octanol–water partition coefficient (Wildman–Crippen LogP) is 5.86. The molecule has 0 spiro atoms. The monoisotopic (exact) mass is 786 g/mol. The molecule has 1 saturated carbocycles. The van der Waals surface area contributed by atoms with E-state index in [0.717, 1.165) is 12.0 Å². The number of aliphatic hydroxyl groups excluding tert-OH is 4. The molecule has 0 aromatic rings. The molecular formula is C45H71NO10. The van der Waals surface area contributed by atoms with Crippen molar-refractivity contribution < 1.29 is 49.4 Å². The van der Waals surface area contributed by atoms with Gasteiger partial charge in [0.15, 0.2) is 5.79 Å². The molecule has 5 N–H and O–H groups in total. The first-order chi connectivity index (χ1) is 26.5. The minimum atomic E-state index is -1.76. The van der Waals surface area contributed by atoms with E-state index in [9.17, 15) is 39.9 Å². The number of aliphatic hydroxyl groups is 5. The summed E-state index contributed by atoms with van der Waals surface area (Å²) in [4.78, 5) is 43.3. The summed E-state index contributed by atoms with van der Waals surface area (Å²) in [6.45, 7) is 11.7. The highest BCUT2D eigenvalue weighted by Gasteiger charge is 2.46. The van der Waals surface area contributed by atoms with E-state index in [2.05, 4.69) is 0 Å². The van der Waals surface area contributed by atoms with Gasteiger partial charge in [0, 0.05) is 31.2 Å². The third-order valence-corrected chi connectivity index (χ3v) is 13.0. The van der Waals surface area contributed by atoms with Crippen LogP contribution in [0.1, 0.15) is 131 Å². The van der Waals surface area contributed by atoms with E-state index < -0.39 is 60.3 Å². The first-order valence-electron chi connectivity index (χ1n) is 21.3. The summed E-state index contributed by atoms with van der Waals surface area (Å²) < 4.78 is 12.4. The van der Waals surface area contributed by atoms with E-state index >= 15 is 0 Å². The molecule has 3 fully saturated rings. The minimum absolute atomic E-state index is 0.0426. The molecule has 4 aliphatic rings. The van der Waals surface area contributed by atoms with E-state index in [1.54, 1.807) is 6.92 Å². The van der Waals surface area contributed by atoms with Crippen molar-refractivity contribution in [2.24, 2.45) is 29.6 Å². The van der Waals surface area contributed by atoms with Gasteiger partial charge in [0.05, 0.1) is 36.9 Å². The van der Waals surface area contributed by atoms with Crippen LogP contribution in [0.15, 0.2) is 47.6 Å². The first-order valence-corrected chi connectivity index (χ1v) is 21.3. The van der Waals surface area contributed by atoms with Crippen LogP contribution in [0.3, 0.4) is 0 Å². The number of piperidine rings is 1. The van der Waals surface area contributed by atoms with E-state index in [1.807, 2.05) is 71.1 Å². The number of esters is 1. The second-order valence-electron chi connectivity index (χ2n) is 17.8. The number of ketones is 1. The van der Waals surface area contributed by atoms with Crippen LogP contribution in [-0.2, 0) is 23.9 Å². The number of carbonyl (C=O) groups is 3. The Morgan fingerprint density at radius 2 is 1.71 bits per heavy atom. The lowest BCUT2D eigenvalue weighted by molar-refractivity contribution is -0.283. The van der Waals surface area contributed by atoms with Crippen LogP contribution in [0.4, 0.5) is 0 Å². The van der Waals surface area contributed by atoms with Crippen molar-refractivity contribution in [1.82, 2.24) is 4.90 Å². The summed E-state index contributed by atoms with van der Waals surface area (Å²) in [5, 5.41) is 53.9. The van der Waals surface area contributed by atoms with E-state index in [1.165, 1.54) is 4.90 Å². The quantitative estimate of drug-likeness (QED) is 0.162. The molecule has 0 radical (unpaired) electrons. The lowest BCUT2D eigenvalue weighted by Gasteiger charge is -2.44. The number of carbonyl (C=O) groups excluding carboxylic acids is 3. The Bertz CT molecular complexity index is 1440. The van der Waals surface area contributed by atoms with Crippen molar-refractivity contribution in [3.05, 3.63) is 47.6 Å². The third-order valence-electron chi connectivity index (χ3n) is 13.0. The summed E-state index contributed by atoms with van der Waals surface area (Å²) in [7, 11) is 0. The highest BCUT2D eigenvalue weighted by molar-refractivity contribution is 5.86. The summed E-state index contributed by atoms with van der Waals surface area (Å²) in [5.74, 6) is -3.28. The van der Waals surface area contributed by atoms with Gasteiger partial charge in [-0.15, -0.1) is 0 Å². The van der Waals surface area contributed by atoms with Gasteiger partial charge in [-0.1, -0.05) is 64.2 Å². The number of rotatable bonds is 6. The molecule has 3 aliphatic heterocycles. The maximum Gasteiger partial charge on any atom is 0.329 e. The molecular weight excluding hydrogens is 714 g/mol. The summed E-state index contributed by atoms with van der Waals surface area (Å²) in [6.07, 6.45) is 13.5. The third kappa shape index (κ3) is 13.2. The molecule has 0 aromatic heterocycles. The van der Waals surface area contributed by atoms with Crippen LogP contribution in [0, 0.1) is 29.6 Å². The molecule has 4 rings (SSSR count). The smallest absolute Gasteiger partial charge is 0.329 e. The molecule has 13 atom stereocenters. The molecule has 11 heteroatoms. The zero-order valence-electron chi connectivity index (χ0n) is 34.7. The fraction of sp³-hybridized carbons (Fsp3) is 0.756. The molecule has 56 heavy (non-hydrogen) atoms. The standard InChI is InChI=1S/C45H71NO10/c1-28-12-8-7-9-13-29(2)39(49)25-35-18-16-33(6)45(54,56-35)27-43(52)46-21-11-10-14-36(46)44(53)55-42(26-40(50)31(4)22-28)30(3)15-19-37(47)32(5)23-34-17-20-38(48)41(51)24-34/h7-9,12-13,15,28,31-39,41-42,47-49,51,54H,10-11,14,16-27H2,1-6H3.